The van der Waals surface area contributed by atoms with Crippen LogP contribution in [-0.4, -0.2) is 17.6 Å². The van der Waals surface area contributed by atoms with Gasteiger partial charge in [0.2, 0.25) is 5.91 Å². The summed E-state index contributed by atoms with van der Waals surface area (Å²) in [6.45, 7) is 0. The highest BCUT2D eigenvalue weighted by atomic mass is 79.9. The van der Waals surface area contributed by atoms with Crippen molar-refractivity contribution in [3.05, 3.63) is 24.3 Å². The smallest absolute Gasteiger partial charge is 0.406 e. The van der Waals surface area contributed by atoms with Gasteiger partial charge in [0.05, 0.1) is 0 Å². The van der Waals surface area contributed by atoms with E-state index in [9.17, 15) is 18.0 Å². The topological polar surface area (TPSA) is 38.3 Å². The highest BCUT2D eigenvalue weighted by molar-refractivity contribution is 9.09. The van der Waals surface area contributed by atoms with Gasteiger partial charge in [-0.2, -0.15) is 0 Å². The standard InChI is InChI=1S/C10H9BrF3NO2/c11-5-4-9(16)15-7-2-1-3-8(6-7)17-10(12,13)14/h1-3,6H,4-5H2,(H,15,16). The Kier molecular flexibility index (Phi) is 4.80. The van der Waals surface area contributed by atoms with E-state index in [4.69, 9.17) is 0 Å². The second kappa shape index (κ2) is 5.90. The number of benzene rings is 1. The van der Waals surface area contributed by atoms with Crippen LogP contribution in [0.2, 0.25) is 0 Å². The van der Waals surface area contributed by atoms with Crippen LogP contribution in [0, 0.1) is 0 Å². The van der Waals surface area contributed by atoms with Crippen molar-refractivity contribution >= 4 is 27.5 Å². The lowest BCUT2D eigenvalue weighted by atomic mass is 10.3. The summed E-state index contributed by atoms with van der Waals surface area (Å²) in [7, 11) is 0. The highest BCUT2D eigenvalue weighted by Gasteiger charge is 2.31. The van der Waals surface area contributed by atoms with Gasteiger partial charge >= 0.3 is 6.36 Å². The summed E-state index contributed by atoms with van der Waals surface area (Å²) in [4.78, 5) is 11.2. The normalized spacial score (nSPS) is 11.1. The van der Waals surface area contributed by atoms with Gasteiger partial charge in [0, 0.05) is 23.5 Å². The first-order chi connectivity index (χ1) is 7.90. The van der Waals surface area contributed by atoms with Gasteiger partial charge in [-0.15, -0.1) is 13.2 Å². The fourth-order valence-corrected chi connectivity index (χ4v) is 1.44. The summed E-state index contributed by atoms with van der Waals surface area (Å²) in [5, 5.41) is 2.94. The third kappa shape index (κ3) is 5.58. The quantitative estimate of drug-likeness (QED) is 0.866. The molecule has 1 N–H and O–H groups in total. The molecule has 0 aliphatic heterocycles. The summed E-state index contributed by atoms with van der Waals surface area (Å²) in [5.74, 6) is -0.653. The molecule has 0 aliphatic rings. The molecule has 0 unspecified atom stereocenters. The number of hydrogen-bond acceptors (Lipinski definition) is 2. The zero-order valence-electron chi connectivity index (χ0n) is 8.55. The Morgan fingerprint density at radius 2 is 2.12 bits per heavy atom. The lowest BCUT2D eigenvalue weighted by molar-refractivity contribution is -0.274. The number of amides is 1. The van der Waals surface area contributed by atoms with Crippen molar-refractivity contribution in [2.24, 2.45) is 0 Å². The predicted molar refractivity (Wildman–Crippen MR) is 60.2 cm³/mol. The Morgan fingerprint density at radius 1 is 1.41 bits per heavy atom. The molecule has 0 spiro atoms. The van der Waals surface area contributed by atoms with E-state index < -0.39 is 6.36 Å². The fourth-order valence-electron chi connectivity index (χ4n) is 1.08. The molecule has 0 heterocycles. The molecule has 0 aromatic heterocycles. The molecule has 3 nitrogen and oxygen atoms in total. The van der Waals surface area contributed by atoms with Gasteiger partial charge in [0.1, 0.15) is 5.75 Å². The van der Waals surface area contributed by atoms with Crippen LogP contribution in [0.1, 0.15) is 6.42 Å². The van der Waals surface area contributed by atoms with E-state index in [1.54, 1.807) is 0 Å². The van der Waals surface area contributed by atoms with E-state index in [2.05, 4.69) is 26.0 Å². The number of carbonyl (C=O) groups is 1. The van der Waals surface area contributed by atoms with Crippen molar-refractivity contribution in [1.29, 1.82) is 0 Å². The van der Waals surface area contributed by atoms with Crippen molar-refractivity contribution in [3.8, 4) is 5.75 Å². The van der Waals surface area contributed by atoms with Crippen LogP contribution in [-0.2, 0) is 4.79 Å². The van der Waals surface area contributed by atoms with Crippen LogP contribution in [0.5, 0.6) is 5.75 Å². The minimum absolute atomic E-state index is 0.240. The van der Waals surface area contributed by atoms with Gasteiger partial charge in [-0.05, 0) is 12.1 Å². The monoisotopic (exact) mass is 311 g/mol. The van der Waals surface area contributed by atoms with Crippen molar-refractivity contribution < 1.29 is 22.7 Å². The molecule has 0 saturated heterocycles. The molecule has 1 amide bonds. The molecular weight excluding hydrogens is 303 g/mol. The summed E-state index contributed by atoms with van der Waals surface area (Å²) < 4.78 is 39.5. The Morgan fingerprint density at radius 3 is 2.71 bits per heavy atom. The average Bonchev–Trinajstić information content (AvgIpc) is 2.15. The third-order valence-corrected chi connectivity index (χ3v) is 2.07. The van der Waals surface area contributed by atoms with E-state index in [1.807, 2.05) is 0 Å². The van der Waals surface area contributed by atoms with Crippen LogP contribution in [0.4, 0.5) is 18.9 Å². The predicted octanol–water partition coefficient (Wildman–Crippen LogP) is 3.31. The first-order valence-electron chi connectivity index (χ1n) is 4.62. The molecule has 7 heteroatoms. The Balaban J connectivity index is 2.69. The molecular formula is C10H9BrF3NO2. The number of rotatable bonds is 4. The largest absolute Gasteiger partial charge is 0.573 e. The molecule has 0 aliphatic carbocycles. The lowest BCUT2D eigenvalue weighted by Gasteiger charge is -2.10. The van der Waals surface area contributed by atoms with Crippen LogP contribution < -0.4 is 10.1 Å². The van der Waals surface area contributed by atoms with E-state index in [1.165, 1.54) is 12.1 Å². The van der Waals surface area contributed by atoms with Crippen molar-refractivity contribution in [2.75, 3.05) is 10.6 Å². The summed E-state index contributed by atoms with van der Waals surface area (Å²) in [6.07, 6.45) is -4.50. The molecule has 0 bridgehead atoms. The summed E-state index contributed by atoms with van der Waals surface area (Å²) in [5.41, 5.74) is 0.262. The number of carbonyl (C=O) groups excluding carboxylic acids is 1. The number of ether oxygens (including phenoxy) is 1. The Bertz CT molecular complexity index is 395. The van der Waals surface area contributed by atoms with Crippen LogP contribution in [0.3, 0.4) is 0 Å². The van der Waals surface area contributed by atoms with Crippen molar-refractivity contribution in [1.82, 2.24) is 0 Å². The first kappa shape index (κ1) is 13.8. The van der Waals surface area contributed by atoms with Crippen LogP contribution in [0.25, 0.3) is 0 Å². The first-order valence-corrected chi connectivity index (χ1v) is 5.74. The number of alkyl halides is 4. The maximum atomic E-state index is 11.9. The SMILES string of the molecule is O=C(CCBr)Nc1cccc(OC(F)(F)F)c1. The zero-order chi connectivity index (χ0) is 12.9. The second-order valence-corrected chi connectivity index (χ2v) is 3.86. The minimum atomic E-state index is -4.74. The van der Waals surface area contributed by atoms with Gasteiger partial charge in [0.25, 0.3) is 0 Å². The molecule has 17 heavy (non-hydrogen) atoms. The van der Waals surface area contributed by atoms with Crippen molar-refractivity contribution in [3.63, 3.8) is 0 Å². The maximum Gasteiger partial charge on any atom is 0.573 e. The molecule has 0 fully saturated rings. The lowest BCUT2D eigenvalue weighted by Crippen LogP contribution is -2.17. The van der Waals surface area contributed by atoms with E-state index in [0.717, 1.165) is 12.1 Å². The minimum Gasteiger partial charge on any atom is -0.406 e. The number of anilines is 1. The number of nitrogens with one attached hydrogen (secondary N) is 1. The summed E-state index contributed by atoms with van der Waals surface area (Å²) in [6, 6.07) is 5.12. The maximum absolute atomic E-state index is 11.9. The van der Waals surface area contributed by atoms with Gasteiger partial charge < -0.3 is 10.1 Å². The zero-order valence-corrected chi connectivity index (χ0v) is 10.1. The van der Waals surface area contributed by atoms with Gasteiger partial charge in [-0.1, -0.05) is 22.0 Å². The highest BCUT2D eigenvalue weighted by Crippen LogP contribution is 2.25. The van der Waals surface area contributed by atoms with Gasteiger partial charge in [-0.25, -0.2) is 0 Å². The molecule has 1 aromatic carbocycles. The second-order valence-electron chi connectivity index (χ2n) is 3.06. The Hall–Kier alpha value is -1.24. The Labute approximate surface area is 104 Å². The van der Waals surface area contributed by atoms with Crippen molar-refractivity contribution in [2.45, 2.75) is 12.8 Å². The van der Waals surface area contributed by atoms with E-state index in [-0.39, 0.29) is 23.8 Å². The molecule has 1 aromatic rings. The fraction of sp³-hybridized carbons (Fsp3) is 0.300. The van der Waals surface area contributed by atoms with Crippen LogP contribution >= 0.6 is 15.9 Å². The van der Waals surface area contributed by atoms with E-state index in [0.29, 0.717) is 5.33 Å². The van der Waals surface area contributed by atoms with Gasteiger partial charge in [0.15, 0.2) is 0 Å². The number of halogens is 4. The molecule has 1 rings (SSSR count). The van der Waals surface area contributed by atoms with E-state index >= 15 is 0 Å². The molecule has 0 atom stereocenters. The number of hydrogen-bond donors (Lipinski definition) is 1. The van der Waals surface area contributed by atoms with Gasteiger partial charge in [-0.3, -0.25) is 4.79 Å². The third-order valence-electron chi connectivity index (χ3n) is 1.67. The molecule has 94 valence electrons. The van der Waals surface area contributed by atoms with Crippen LogP contribution in [0.15, 0.2) is 24.3 Å². The molecule has 0 saturated carbocycles. The molecule has 0 radical (unpaired) electrons. The summed E-state index contributed by atoms with van der Waals surface area (Å²) >= 11 is 3.08. The average molecular weight is 312 g/mol.